The molecule has 1 N–H and O–H groups in total. The molecule has 0 unspecified atom stereocenters. The van der Waals surface area contributed by atoms with E-state index in [1.807, 2.05) is 6.08 Å². The Morgan fingerprint density at radius 3 is 2.76 bits per heavy atom. The van der Waals surface area contributed by atoms with E-state index in [0.717, 1.165) is 24.2 Å². The van der Waals surface area contributed by atoms with Crippen LogP contribution in [0.4, 0.5) is 0 Å². The second-order valence-corrected chi connectivity index (χ2v) is 5.13. The first-order chi connectivity index (χ1) is 10.3. The molecule has 0 saturated carbocycles. The molecule has 4 rings (SSSR count). The maximum absolute atomic E-state index is 12.5. The van der Waals surface area contributed by atoms with Crippen molar-refractivity contribution in [3.05, 3.63) is 64.7 Å². The molecule has 1 aromatic heterocycles. The summed E-state index contributed by atoms with van der Waals surface area (Å²) in [5.41, 5.74) is 3.50. The Hall–Kier alpha value is -2.75. The van der Waals surface area contributed by atoms with Crippen molar-refractivity contribution in [3.8, 4) is 0 Å². The van der Waals surface area contributed by atoms with Crippen molar-refractivity contribution in [1.29, 1.82) is 0 Å². The highest BCUT2D eigenvalue weighted by Gasteiger charge is 2.31. The molecule has 102 valence electrons. The van der Waals surface area contributed by atoms with E-state index < -0.39 is 0 Å². The van der Waals surface area contributed by atoms with Gasteiger partial charge in [0, 0.05) is 11.1 Å². The third-order valence-corrected chi connectivity index (χ3v) is 3.85. The molecule has 0 aliphatic heterocycles. The van der Waals surface area contributed by atoms with E-state index in [2.05, 4.69) is 16.0 Å². The topological polar surface area (TPSA) is 63.1 Å². The molecule has 1 aromatic carbocycles. The molecule has 0 atom stereocenters. The smallest absolute Gasteiger partial charge is 0.199 e. The average molecular weight is 276 g/mol. The van der Waals surface area contributed by atoms with Gasteiger partial charge in [0.1, 0.15) is 5.76 Å². The second-order valence-electron chi connectivity index (χ2n) is 5.13. The van der Waals surface area contributed by atoms with Crippen LogP contribution < -0.4 is 0 Å². The van der Waals surface area contributed by atoms with E-state index in [9.17, 15) is 9.90 Å². The summed E-state index contributed by atoms with van der Waals surface area (Å²) in [4.78, 5) is 21.4. The molecular formula is C17H12N2O2. The Balaban J connectivity index is 1.87. The lowest BCUT2D eigenvalue weighted by Crippen LogP contribution is -2.07. The van der Waals surface area contributed by atoms with Crippen LogP contribution in [0, 0.1) is 0 Å². The van der Waals surface area contributed by atoms with E-state index in [0.29, 0.717) is 16.8 Å². The molecule has 2 aromatic rings. The summed E-state index contributed by atoms with van der Waals surface area (Å²) in [5, 5.41) is 10.3. The monoisotopic (exact) mass is 276 g/mol. The molecule has 1 heterocycles. The molecule has 0 fully saturated rings. The summed E-state index contributed by atoms with van der Waals surface area (Å²) in [5.74, 6) is -0.195. The fourth-order valence-electron chi connectivity index (χ4n) is 2.80. The van der Waals surface area contributed by atoms with Crippen LogP contribution in [0.3, 0.4) is 0 Å². The number of allylic oxidation sites excluding steroid dienone is 2. The normalized spacial score (nSPS) is 16.1. The van der Waals surface area contributed by atoms with Crippen LogP contribution in [0.15, 0.2) is 36.5 Å². The minimum Gasteiger partial charge on any atom is -0.506 e. The Kier molecular flexibility index (Phi) is 2.51. The molecule has 0 bridgehead atoms. The highest BCUT2D eigenvalue weighted by atomic mass is 16.3. The van der Waals surface area contributed by atoms with Crippen LogP contribution in [0.25, 0.3) is 17.4 Å². The molecule has 2 aliphatic rings. The van der Waals surface area contributed by atoms with Crippen LogP contribution >= 0.6 is 0 Å². The zero-order chi connectivity index (χ0) is 14.4. The van der Waals surface area contributed by atoms with E-state index in [1.54, 1.807) is 30.5 Å². The molecule has 4 heteroatoms. The summed E-state index contributed by atoms with van der Waals surface area (Å²) in [6.45, 7) is 0. The van der Waals surface area contributed by atoms with Crippen LogP contribution in [0.2, 0.25) is 0 Å². The predicted octanol–water partition coefficient (Wildman–Crippen LogP) is 3.06. The third-order valence-electron chi connectivity index (χ3n) is 3.85. The average Bonchev–Trinajstić information content (AvgIpc) is 2.79. The number of nitrogens with zero attached hydrogens (tertiary/aromatic N) is 2. The first-order valence-corrected chi connectivity index (χ1v) is 6.86. The Morgan fingerprint density at radius 1 is 1.14 bits per heavy atom. The van der Waals surface area contributed by atoms with E-state index in [-0.39, 0.29) is 17.1 Å². The van der Waals surface area contributed by atoms with Gasteiger partial charge in [0.2, 0.25) is 0 Å². The highest BCUT2D eigenvalue weighted by Crippen LogP contribution is 2.36. The van der Waals surface area contributed by atoms with Crippen molar-refractivity contribution < 1.29 is 9.90 Å². The molecule has 2 aliphatic carbocycles. The van der Waals surface area contributed by atoms with Gasteiger partial charge < -0.3 is 5.11 Å². The molecule has 0 amide bonds. The van der Waals surface area contributed by atoms with Gasteiger partial charge in [0.15, 0.2) is 5.78 Å². The lowest BCUT2D eigenvalue weighted by Gasteiger charge is -2.10. The molecule has 21 heavy (non-hydrogen) atoms. The number of aryl methyl sites for hydroxylation is 1. The summed E-state index contributed by atoms with van der Waals surface area (Å²) >= 11 is 0. The number of ketones is 1. The number of Topliss-reactive ketones (excluding diaryl/α,β-unsaturated/α-hetero) is 1. The Morgan fingerprint density at radius 2 is 1.95 bits per heavy atom. The first-order valence-electron chi connectivity index (χ1n) is 6.86. The summed E-state index contributed by atoms with van der Waals surface area (Å²) in [6, 6.07) is 7.05. The zero-order valence-corrected chi connectivity index (χ0v) is 11.2. The zero-order valence-electron chi connectivity index (χ0n) is 11.2. The van der Waals surface area contributed by atoms with Gasteiger partial charge in [-0.25, -0.2) is 4.98 Å². The van der Waals surface area contributed by atoms with Gasteiger partial charge in [-0.2, -0.15) is 0 Å². The second kappa shape index (κ2) is 4.38. The summed E-state index contributed by atoms with van der Waals surface area (Å²) in [6.07, 6.45) is 7.29. The van der Waals surface area contributed by atoms with Gasteiger partial charge in [0.25, 0.3) is 0 Å². The largest absolute Gasteiger partial charge is 0.506 e. The van der Waals surface area contributed by atoms with Crippen molar-refractivity contribution in [3.63, 3.8) is 0 Å². The fourth-order valence-corrected chi connectivity index (χ4v) is 2.80. The van der Waals surface area contributed by atoms with Crippen LogP contribution in [-0.2, 0) is 6.42 Å². The quantitative estimate of drug-likeness (QED) is 0.869. The summed E-state index contributed by atoms with van der Waals surface area (Å²) in [7, 11) is 0. The molecule has 0 spiro atoms. The maximum Gasteiger partial charge on any atom is 0.199 e. The van der Waals surface area contributed by atoms with E-state index in [1.165, 1.54) is 0 Å². The van der Waals surface area contributed by atoms with Crippen LogP contribution in [0.1, 0.15) is 39.4 Å². The predicted molar refractivity (Wildman–Crippen MR) is 79.6 cm³/mol. The lowest BCUT2D eigenvalue weighted by molar-refractivity contribution is 0.105. The van der Waals surface area contributed by atoms with E-state index >= 15 is 0 Å². The number of hydrogen-bond donors (Lipinski definition) is 1. The van der Waals surface area contributed by atoms with Gasteiger partial charge in [-0.3, -0.25) is 9.78 Å². The SMILES string of the molecule is O=C1C(c2cnc3c(n2)CCC=C3)=C(O)c2ccccc21. The van der Waals surface area contributed by atoms with Crippen molar-refractivity contribution in [2.24, 2.45) is 0 Å². The van der Waals surface area contributed by atoms with Gasteiger partial charge in [0.05, 0.1) is 28.9 Å². The number of benzene rings is 1. The summed E-state index contributed by atoms with van der Waals surface area (Å²) < 4.78 is 0. The van der Waals surface area contributed by atoms with Gasteiger partial charge in [-0.05, 0) is 18.9 Å². The number of aromatic nitrogens is 2. The standard InChI is InChI=1S/C17H12N2O2/c20-16-10-5-1-2-6-11(10)17(21)15(16)14-9-18-12-7-3-4-8-13(12)19-14/h1-3,5-7,9,20H,4,8H2. The minimum atomic E-state index is -0.191. The van der Waals surface area contributed by atoms with Crippen molar-refractivity contribution in [2.45, 2.75) is 12.8 Å². The molecule has 0 saturated heterocycles. The number of rotatable bonds is 1. The number of aliphatic hydroxyl groups excluding tert-OH is 1. The van der Waals surface area contributed by atoms with E-state index in [4.69, 9.17) is 0 Å². The molecule has 4 nitrogen and oxygen atoms in total. The van der Waals surface area contributed by atoms with Crippen molar-refractivity contribution in [2.75, 3.05) is 0 Å². The lowest BCUT2D eigenvalue weighted by atomic mass is 10.0. The van der Waals surface area contributed by atoms with Crippen molar-refractivity contribution in [1.82, 2.24) is 9.97 Å². The number of fused-ring (bicyclic) bond motifs is 2. The first kappa shape index (κ1) is 12.0. The Labute approximate surface area is 121 Å². The van der Waals surface area contributed by atoms with Gasteiger partial charge in [-0.1, -0.05) is 30.3 Å². The fraction of sp³-hybridized carbons (Fsp3) is 0.118. The maximum atomic E-state index is 12.5. The number of hydrogen-bond acceptors (Lipinski definition) is 4. The molecular weight excluding hydrogens is 264 g/mol. The number of carbonyl (C=O) groups is 1. The third kappa shape index (κ3) is 1.72. The molecule has 0 radical (unpaired) electrons. The minimum absolute atomic E-state index is 0.00352. The number of aliphatic hydroxyl groups is 1. The van der Waals surface area contributed by atoms with Crippen LogP contribution in [0.5, 0.6) is 0 Å². The van der Waals surface area contributed by atoms with Gasteiger partial charge >= 0.3 is 0 Å². The van der Waals surface area contributed by atoms with Gasteiger partial charge in [-0.15, -0.1) is 0 Å². The van der Waals surface area contributed by atoms with Crippen molar-refractivity contribution >= 4 is 23.2 Å². The number of carbonyl (C=O) groups excluding carboxylic acids is 1. The van der Waals surface area contributed by atoms with Crippen LogP contribution in [-0.4, -0.2) is 20.9 Å². The Bertz CT molecular complexity index is 834. The highest BCUT2D eigenvalue weighted by molar-refractivity contribution is 6.38.